The van der Waals surface area contributed by atoms with Crippen LogP contribution >= 0.6 is 11.3 Å². The maximum Gasteiger partial charge on any atom is 0.492 e. The number of rotatable bonds is 2. The molecule has 0 spiro atoms. The van der Waals surface area contributed by atoms with E-state index >= 15 is 0 Å². The van der Waals surface area contributed by atoms with Gasteiger partial charge in [0.2, 0.25) is 0 Å². The Morgan fingerprint density at radius 3 is 2.64 bits per heavy atom. The Hall–Kier alpha value is -1.60. The summed E-state index contributed by atoms with van der Waals surface area (Å²) in [4.78, 5) is 15.2. The number of nitrogens with zero attached hydrogens (tertiary/aromatic N) is 1. The highest BCUT2D eigenvalue weighted by Crippen LogP contribution is 2.35. The van der Waals surface area contributed by atoms with Gasteiger partial charge in [0.15, 0.2) is 0 Å². The number of carbonyl (C=O) groups is 1. The molecule has 1 aromatic carbocycles. The fourth-order valence-corrected chi connectivity index (χ4v) is 3.62. The first-order valence-electron chi connectivity index (χ1n) is 6.95. The molecule has 22 heavy (non-hydrogen) atoms. The van der Waals surface area contributed by atoms with Gasteiger partial charge in [-0.3, -0.25) is 0 Å². The molecule has 1 saturated heterocycles. The van der Waals surface area contributed by atoms with Crippen molar-refractivity contribution in [1.82, 2.24) is 5.06 Å². The molecular formula is C15H14F3NO2S. The number of thiophene rings is 1. The number of piperidine rings is 1. The van der Waals surface area contributed by atoms with Crippen molar-refractivity contribution >= 4 is 27.4 Å². The van der Waals surface area contributed by atoms with E-state index in [0.29, 0.717) is 25.9 Å². The van der Waals surface area contributed by atoms with E-state index in [2.05, 4.69) is 23.0 Å². The topological polar surface area (TPSA) is 29.5 Å². The minimum Gasteiger partial charge on any atom is -0.361 e. The van der Waals surface area contributed by atoms with E-state index in [9.17, 15) is 18.0 Å². The minimum absolute atomic E-state index is 0.277. The van der Waals surface area contributed by atoms with E-state index in [-0.39, 0.29) is 5.92 Å². The molecule has 1 aromatic heterocycles. The zero-order valence-electron chi connectivity index (χ0n) is 11.6. The third kappa shape index (κ3) is 3.10. The molecule has 0 amide bonds. The second kappa shape index (κ2) is 5.89. The summed E-state index contributed by atoms with van der Waals surface area (Å²) in [5.74, 6) is -1.87. The van der Waals surface area contributed by atoms with Crippen molar-refractivity contribution in [2.45, 2.75) is 24.9 Å². The zero-order valence-corrected chi connectivity index (χ0v) is 12.4. The number of benzene rings is 1. The Bertz CT molecular complexity index is 675. The average molecular weight is 329 g/mol. The Kier molecular flexibility index (Phi) is 4.10. The quantitative estimate of drug-likeness (QED) is 0.831. The molecule has 7 heteroatoms. The van der Waals surface area contributed by atoms with E-state index in [1.165, 1.54) is 15.6 Å². The Balaban J connectivity index is 1.65. The molecule has 0 N–H and O–H groups in total. The van der Waals surface area contributed by atoms with Crippen LogP contribution in [0.15, 0.2) is 29.6 Å². The number of hydrogen-bond donors (Lipinski definition) is 0. The second-order valence-electron chi connectivity index (χ2n) is 5.26. The summed E-state index contributed by atoms with van der Waals surface area (Å²) in [5, 5.41) is 4.35. The number of halogens is 3. The first-order chi connectivity index (χ1) is 10.4. The molecule has 0 atom stereocenters. The van der Waals surface area contributed by atoms with E-state index in [1.54, 1.807) is 11.3 Å². The van der Waals surface area contributed by atoms with Gasteiger partial charge in [-0.15, -0.1) is 16.4 Å². The lowest BCUT2D eigenvalue weighted by Crippen LogP contribution is -2.39. The lowest BCUT2D eigenvalue weighted by atomic mass is 9.88. The average Bonchev–Trinajstić information content (AvgIpc) is 2.95. The van der Waals surface area contributed by atoms with E-state index in [1.807, 2.05) is 11.4 Å². The van der Waals surface area contributed by atoms with Gasteiger partial charge in [0.1, 0.15) is 0 Å². The summed E-state index contributed by atoms with van der Waals surface area (Å²) in [7, 11) is 0. The molecule has 1 aliphatic rings. The molecule has 2 heterocycles. The minimum atomic E-state index is -4.95. The summed E-state index contributed by atoms with van der Waals surface area (Å²) >= 11 is 1.67. The highest BCUT2D eigenvalue weighted by atomic mass is 32.1. The van der Waals surface area contributed by atoms with E-state index in [4.69, 9.17) is 0 Å². The SMILES string of the molecule is O=C(ON1CCC(c2cccc3sccc23)CC1)C(F)(F)F. The number of hydrogen-bond acceptors (Lipinski definition) is 4. The van der Waals surface area contributed by atoms with Gasteiger partial charge in [-0.05, 0) is 47.2 Å². The van der Waals surface area contributed by atoms with Crippen molar-refractivity contribution in [3.63, 3.8) is 0 Å². The molecular weight excluding hydrogens is 315 g/mol. The Labute approximate surface area is 129 Å². The largest absolute Gasteiger partial charge is 0.492 e. The van der Waals surface area contributed by atoms with Gasteiger partial charge in [-0.25, -0.2) is 4.79 Å². The van der Waals surface area contributed by atoms with Crippen molar-refractivity contribution in [2.24, 2.45) is 0 Å². The van der Waals surface area contributed by atoms with E-state index in [0.717, 1.165) is 5.06 Å². The van der Waals surface area contributed by atoms with Gasteiger partial charge in [-0.2, -0.15) is 13.2 Å². The molecule has 2 aromatic rings. The van der Waals surface area contributed by atoms with Gasteiger partial charge >= 0.3 is 12.1 Å². The van der Waals surface area contributed by atoms with Crippen LogP contribution in [0.5, 0.6) is 0 Å². The van der Waals surface area contributed by atoms with Crippen molar-refractivity contribution in [3.05, 3.63) is 35.2 Å². The van der Waals surface area contributed by atoms with E-state index < -0.39 is 12.1 Å². The molecule has 0 saturated carbocycles. The smallest absolute Gasteiger partial charge is 0.361 e. The van der Waals surface area contributed by atoms with Crippen LogP contribution in [0.4, 0.5) is 13.2 Å². The van der Waals surface area contributed by atoms with Crippen LogP contribution in [-0.2, 0) is 9.63 Å². The predicted octanol–water partition coefficient (Wildman–Crippen LogP) is 4.10. The molecule has 0 radical (unpaired) electrons. The van der Waals surface area contributed by atoms with Gasteiger partial charge in [0.25, 0.3) is 0 Å². The van der Waals surface area contributed by atoms with Crippen LogP contribution in [0.25, 0.3) is 10.1 Å². The molecule has 0 bridgehead atoms. The van der Waals surface area contributed by atoms with Crippen LogP contribution in [0.1, 0.15) is 24.3 Å². The second-order valence-corrected chi connectivity index (χ2v) is 6.21. The molecule has 0 unspecified atom stereocenters. The summed E-state index contributed by atoms with van der Waals surface area (Å²) in [6, 6.07) is 8.20. The lowest BCUT2D eigenvalue weighted by molar-refractivity contribution is -0.241. The summed E-state index contributed by atoms with van der Waals surface area (Å²) < 4.78 is 37.8. The first-order valence-corrected chi connectivity index (χ1v) is 7.83. The number of hydroxylamine groups is 2. The van der Waals surface area contributed by atoms with Crippen molar-refractivity contribution in [3.8, 4) is 0 Å². The number of fused-ring (bicyclic) bond motifs is 1. The summed E-state index contributed by atoms with van der Waals surface area (Å²) in [6.45, 7) is 0.625. The first kappa shape index (κ1) is 15.3. The maximum atomic E-state index is 12.2. The Morgan fingerprint density at radius 1 is 1.23 bits per heavy atom. The molecule has 1 fully saturated rings. The fourth-order valence-electron chi connectivity index (χ4n) is 2.80. The third-order valence-electron chi connectivity index (χ3n) is 3.87. The highest BCUT2D eigenvalue weighted by Gasteiger charge is 2.43. The highest BCUT2D eigenvalue weighted by molar-refractivity contribution is 7.17. The predicted molar refractivity (Wildman–Crippen MR) is 77.5 cm³/mol. The summed E-state index contributed by atoms with van der Waals surface area (Å²) in [5.41, 5.74) is 1.22. The fraction of sp³-hybridized carbons (Fsp3) is 0.400. The van der Waals surface area contributed by atoms with Gasteiger partial charge in [0.05, 0.1) is 0 Å². The molecule has 118 valence electrons. The van der Waals surface area contributed by atoms with Crippen molar-refractivity contribution in [2.75, 3.05) is 13.1 Å². The number of alkyl halides is 3. The maximum absolute atomic E-state index is 12.2. The Morgan fingerprint density at radius 2 is 1.95 bits per heavy atom. The zero-order chi connectivity index (χ0) is 15.7. The lowest BCUT2D eigenvalue weighted by Gasteiger charge is -2.31. The van der Waals surface area contributed by atoms with Gasteiger partial charge < -0.3 is 4.84 Å². The normalized spacial score (nSPS) is 17.8. The molecule has 3 nitrogen and oxygen atoms in total. The molecule has 0 aliphatic carbocycles. The standard InChI is InChI=1S/C15H14F3NO2S/c16-15(17,18)14(20)21-19-7-4-10(5-8-19)11-2-1-3-13-12(11)6-9-22-13/h1-3,6,9-10H,4-5,7-8H2. The van der Waals surface area contributed by atoms with Crippen LogP contribution < -0.4 is 0 Å². The van der Waals surface area contributed by atoms with Crippen LogP contribution in [0.3, 0.4) is 0 Å². The van der Waals surface area contributed by atoms with Crippen LogP contribution in [-0.4, -0.2) is 30.3 Å². The van der Waals surface area contributed by atoms with Gasteiger partial charge in [0, 0.05) is 17.8 Å². The van der Waals surface area contributed by atoms with Crippen molar-refractivity contribution < 1.29 is 22.8 Å². The molecule has 1 aliphatic heterocycles. The van der Waals surface area contributed by atoms with Crippen molar-refractivity contribution in [1.29, 1.82) is 0 Å². The third-order valence-corrected chi connectivity index (χ3v) is 4.75. The monoisotopic (exact) mass is 329 g/mol. The summed E-state index contributed by atoms with van der Waals surface area (Å²) in [6.07, 6.45) is -3.61. The van der Waals surface area contributed by atoms with Crippen LogP contribution in [0, 0.1) is 0 Å². The van der Waals surface area contributed by atoms with Gasteiger partial charge in [-0.1, -0.05) is 12.1 Å². The number of carbonyl (C=O) groups excluding carboxylic acids is 1. The molecule has 3 rings (SSSR count). The van der Waals surface area contributed by atoms with Crippen LogP contribution in [0.2, 0.25) is 0 Å².